The Balaban J connectivity index is 2.61. The van der Waals surface area contributed by atoms with Gasteiger partial charge in [-0.05, 0) is 56.5 Å². The molecule has 2 heteroatoms. The van der Waals surface area contributed by atoms with Gasteiger partial charge in [0.15, 0.2) is 0 Å². The van der Waals surface area contributed by atoms with Crippen molar-refractivity contribution >= 4 is 5.69 Å². The lowest BCUT2D eigenvalue weighted by Gasteiger charge is -2.22. The monoisotopic (exact) mass is 234 g/mol. The highest BCUT2D eigenvalue weighted by atomic mass is 14.9. The van der Waals surface area contributed by atoms with Crippen molar-refractivity contribution in [1.82, 2.24) is 5.32 Å². The van der Waals surface area contributed by atoms with Crippen molar-refractivity contribution in [2.24, 2.45) is 11.8 Å². The van der Waals surface area contributed by atoms with E-state index in [4.69, 9.17) is 0 Å². The third-order valence-electron chi connectivity index (χ3n) is 3.36. The summed E-state index contributed by atoms with van der Waals surface area (Å²) in [6.07, 6.45) is 0. The molecule has 0 saturated carbocycles. The van der Waals surface area contributed by atoms with Crippen LogP contribution in [0.3, 0.4) is 0 Å². The summed E-state index contributed by atoms with van der Waals surface area (Å²) < 4.78 is 0. The predicted molar refractivity (Wildman–Crippen MR) is 76.7 cm³/mol. The first kappa shape index (κ1) is 14.0. The van der Waals surface area contributed by atoms with Gasteiger partial charge < -0.3 is 10.6 Å². The predicted octanol–water partition coefficient (Wildman–Crippen LogP) is 3.21. The normalized spacial score (nSPS) is 12.8. The molecule has 0 radical (unpaired) electrons. The molecule has 0 heterocycles. The summed E-state index contributed by atoms with van der Waals surface area (Å²) in [4.78, 5) is 0. The Kier molecular flexibility index (Phi) is 5.49. The van der Waals surface area contributed by atoms with Gasteiger partial charge >= 0.3 is 0 Å². The molecule has 0 amide bonds. The maximum absolute atomic E-state index is 3.58. The average molecular weight is 234 g/mol. The lowest BCUT2D eigenvalue weighted by atomic mass is 9.95. The number of anilines is 1. The van der Waals surface area contributed by atoms with E-state index in [1.807, 2.05) is 7.05 Å². The second-order valence-corrected chi connectivity index (χ2v) is 5.26. The molecule has 1 rings (SSSR count). The molecule has 0 aliphatic heterocycles. The van der Waals surface area contributed by atoms with Crippen LogP contribution in [0.2, 0.25) is 0 Å². The molecule has 0 saturated heterocycles. The molecule has 0 aromatic heterocycles. The molecular formula is C15H26N2. The molecule has 2 nitrogen and oxygen atoms in total. The van der Waals surface area contributed by atoms with Crippen LogP contribution in [-0.2, 0) is 0 Å². The lowest BCUT2D eigenvalue weighted by molar-refractivity contribution is 0.390. The van der Waals surface area contributed by atoms with Crippen LogP contribution in [0.25, 0.3) is 0 Å². The summed E-state index contributed by atoms with van der Waals surface area (Å²) in [5, 5.41) is 6.85. The summed E-state index contributed by atoms with van der Waals surface area (Å²) in [6.45, 7) is 11.0. The summed E-state index contributed by atoms with van der Waals surface area (Å²) in [5.74, 6) is 1.36. The molecule has 1 aromatic rings. The zero-order valence-corrected chi connectivity index (χ0v) is 11.8. The second kappa shape index (κ2) is 6.65. The maximum atomic E-state index is 3.58. The van der Waals surface area contributed by atoms with Gasteiger partial charge in [-0.25, -0.2) is 0 Å². The number of aryl methyl sites for hydroxylation is 2. The molecule has 96 valence electrons. The van der Waals surface area contributed by atoms with E-state index in [-0.39, 0.29) is 0 Å². The summed E-state index contributed by atoms with van der Waals surface area (Å²) >= 11 is 0. The van der Waals surface area contributed by atoms with E-state index >= 15 is 0 Å². The van der Waals surface area contributed by atoms with E-state index in [1.54, 1.807) is 0 Å². The van der Waals surface area contributed by atoms with Gasteiger partial charge in [0.25, 0.3) is 0 Å². The fraction of sp³-hybridized carbons (Fsp3) is 0.600. The molecule has 0 bridgehead atoms. The molecule has 0 spiro atoms. The highest BCUT2D eigenvalue weighted by Gasteiger charge is 2.12. The Bertz CT molecular complexity index is 345. The van der Waals surface area contributed by atoms with Gasteiger partial charge in [-0.1, -0.05) is 26.0 Å². The minimum absolute atomic E-state index is 0.667. The van der Waals surface area contributed by atoms with E-state index in [2.05, 4.69) is 56.5 Å². The first-order chi connectivity index (χ1) is 8.04. The van der Waals surface area contributed by atoms with E-state index < -0.39 is 0 Å². The smallest absolute Gasteiger partial charge is 0.0372 e. The van der Waals surface area contributed by atoms with Crippen molar-refractivity contribution < 1.29 is 0 Å². The van der Waals surface area contributed by atoms with Crippen LogP contribution >= 0.6 is 0 Å². The third-order valence-corrected chi connectivity index (χ3v) is 3.36. The Hall–Kier alpha value is -1.02. The number of nitrogens with one attached hydrogen (secondary N) is 2. The molecule has 0 fully saturated rings. The quantitative estimate of drug-likeness (QED) is 0.790. The van der Waals surface area contributed by atoms with Crippen LogP contribution in [0.5, 0.6) is 0 Å². The van der Waals surface area contributed by atoms with Gasteiger partial charge in [0, 0.05) is 12.2 Å². The topological polar surface area (TPSA) is 24.1 Å². The first-order valence-electron chi connectivity index (χ1n) is 6.50. The molecule has 1 unspecified atom stereocenters. The van der Waals surface area contributed by atoms with Crippen LogP contribution in [0, 0.1) is 25.7 Å². The summed E-state index contributed by atoms with van der Waals surface area (Å²) in [6, 6.07) is 6.57. The number of benzene rings is 1. The Morgan fingerprint density at radius 1 is 1.12 bits per heavy atom. The zero-order chi connectivity index (χ0) is 12.8. The summed E-state index contributed by atoms with van der Waals surface area (Å²) in [7, 11) is 2.02. The first-order valence-corrected chi connectivity index (χ1v) is 6.50. The molecule has 2 N–H and O–H groups in total. The Morgan fingerprint density at radius 3 is 2.41 bits per heavy atom. The van der Waals surface area contributed by atoms with Crippen molar-refractivity contribution in [1.29, 1.82) is 0 Å². The number of hydrogen-bond donors (Lipinski definition) is 2. The standard InChI is InChI=1S/C15H26N2/c1-11(2)14(9-16-5)10-17-15-8-12(3)6-7-13(15)4/h6-8,11,14,16-17H,9-10H2,1-5H3. The highest BCUT2D eigenvalue weighted by Crippen LogP contribution is 2.18. The molecule has 1 aromatic carbocycles. The van der Waals surface area contributed by atoms with Crippen LogP contribution in [0.15, 0.2) is 18.2 Å². The largest absolute Gasteiger partial charge is 0.384 e. The van der Waals surface area contributed by atoms with Crippen molar-refractivity contribution in [3.63, 3.8) is 0 Å². The lowest BCUT2D eigenvalue weighted by Crippen LogP contribution is -2.29. The fourth-order valence-corrected chi connectivity index (χ4v) is 1.97. The SMILES string of the molecule is CNCC(CNc1cc(C)ccc1C)C(C)C. The van der Waals surface area contributed by atoms with Crippen LogP contribution in [0.4, 0.5) is 5.69 Å². The Labute approximate surface area is 106 Å². The molecule has 17 heavy (non-hydrogen) atoms. The minimum Gasteiger partial charge on any atom is -0.384 e. The highest BCUT2D eigenvalue weighted by molar-refractivity contribution is 5.52. The van der Waals surface area contributed by atoms with Gasteiger partial charge in [-0.15, -0.1) is 0 Å². The zero-order valence-electron chi connectivity index (χ0n) is 11.8. The molecular weight excluding hydrogens is 208 g/mol. The maximum Gasteiger partial charge on any atom is 0.0372 e. The number of hydrogen-bond acceptors (Lipinski definition) is 2. The molecule has 0 aliphatic carbocycles. The van der Waals surface area contributed by atoms with E-state index in [0.29, 0.717) is 11.8 Å². The van der Waals surface area contributed by atoms with Crippen LogP contribution in [-0.4, -0.2) is 20.1 Å². The van der Waals surface area contributed by atoms with E-state index in [1.165, 1.54) is 16.8 Å². The molecule has 1 atom stereocenters. The van der Waals surface area contributed by atoms with Gasteiger partial charge in [0.2, 0.25) is 0 Å². The van der Waals surface area contributed by atoms with Gasteiger partial charge in [-0.2, -0.15) is 0 Å². The minimum atomic E-state index is 0.667. The van der Waals surface area contributed by atoms with Crippen molar-refractivity contribution in [3.05, 3.63) is 29.3 Å². The third kappa shape index (κ3) is 4.39. The summed E-state index contributed by atoms with van der Waals surface area (Å²) in [5.41, 5.74) is 3.90. The fourth-order valence-electron chi connectivity index (χ4n) is 1.97. The van der Waals surface area contributed by atoms with Gasteiger partial charge in [0.1, 0.15) is 0 Å². The molecule has 0 aliphatic rings. The number of rotatable bonds is 6. The van der Waals surface area contributed by atoms with Crippen LogP contribution in [0.1, 0.15) is 25.0 Å². The average Bonchev–Trinajstić information content (AvgIpc) is 2.28. The van der Waals surface area contributed by atoms with Crippen LogP contribution < -0.4 is 10.6 Å². The van der Waals surface area contributed by atoms with Crippen molar-refractivity contribution in [3.8, 4) is 0 Å². The van der Waals surface area contributed by atoms with E-state index in [9.17, 15) is 0 Å². The van der Waals surface area contributed by atoms with Gasteiger partial charge in [-0.3, -0.25) is 0 Å². The van der Waals surface area contributed by atoms with Crippen molar-refractivity contribution in [2.45, 2.75) is 27.7 Å². The van der Waals surface area contributed by atoms with E-state index in [0.717, 1.165) is 13.1 Å². The van der Waals surface area contributed by atoms with Crippen molar-refractivity contribution in [2.75, 3.05) is 25.5 Å². The van der Waals surface area contributed by atoms with Gasteiger partial charge in [0.05, 0.1) is 0 Å². The second-order valence-electron chi connectivity index (χ2n) is 5.26. The Morgan fingerprint density at radius 2 is 1.82 bits per heavy atom.